The molecule has 0 spiro atoms. The van der Waals surface area contributed by atoms with Crippen LogP contribution in [0.5, 0.6) is 0 Å². The molecule has 3 aromatic heterocycles. The summed E-state index contributed by atoms with van der Waals surface area (Å²) in [6, 6.07) is 0.228. The van der Waals surface area contributed by atoms with Crippen molar-refractivity contribution in [3.8, 4) is 0 Å². The van der Waals surface area contributed by atoms with E-state index in [9.17, 15) is 9.59 Å². The molecule has 3 aromatic rings. The zero-order valence-corrected chi connectivity index (χ0v) is 17.4. The van der Waals surface area contributed by atoms with E-state index in [-0.39, 0.29) is 24.2 Å². The lowest BCUT2D eigenvalue weighted by molar-refractivity contribution is -0.135. The summed E-state index contributed by atoms with van der Waals surface area (Å²) in [5.41, 5.74) is 1.53. The summed E-state index contributed by atoms with van der Waals surface area (Å²) in [5, 5.41) is 5.58. The van der Waals surface area contributed by atoms with E-state index in [4.69, 9.17) is 4.98 Å². The predicted octanol–water partition coefficient (Wildman–Crippen LogP) is 3.00. The summed E-state index contributed by atoms with van der Waals surface area (Å²) >= 11 is 1.65. The van der Waals surface area contributed by atoms with Gasteiger partial charge in [0.15, 0.2) is 5.65 Å². The van der Waals surface area contributed by atoms with Gasteiger partial charge in [0.2, 0.25) is 5.91 Å². The fourth-order valence-corrected chi connectivity index (χ4v) is 5.32. The maximum atomic E-state index is 13.2. The lowest BCUT2D eigenvalue weighted by Crippen LogP contribution is -2.44. The van der Waals surface area contributed by atoms with Crippen LogP contribution >= 0.6 is 11.3 Å². The largest absolute Gasteiger partial charge is 0.352 e. The molecule has 1 atom stereocenters. The van der Waals surface area contributed by atoms with Gasteiger partial charge in [-0.15, -0.1) is 16.4 Å². The molecule has 2 aliphatic rings. The number of amides is 1. The van der Waals surface area contributed by atoms with Gasteiger partial charge < -0.3 is 4.90 Å². The molecule has 1 aliphatic heterocycles. The second-order valence-corrected chi connectivity index (χ2v) is 9.44. The number of carbonyl (C=O) groups is 1. The average molecular weight is 400 g/mol. The first-order valence-electron chi connectivity index (χ1n) is 10.1. The van der Waals surface area contributed by atoms with Gasteiger partial charge in [-0.1, -0.05) is 0 Å². The molecule has 1 aliphatic carbocycles. The summed E-state index contributed by atoms with van der Waals surface area (Å²) in [5.74, 6) is 1.11. The van der Waals surface area contributed by atoms with Crippen LogP contribution in [0.25, 0.3) is 15.9 Å². The Morgan fingerprint density at radius 2 is 2.00 bits per heavy atom. The highest BCUT2D eigenvalue weighted by Gasteiger charge is 2.32. The van der Waals surface area contributed by atoms with Crippen molar-refractivity contribution in [1.82, 2.24) is 24.1 Å². The second kappa shape index (κ2) is 6.40. The van der Waals surface area contributed by atoms with E-state index in [1.165, 1.54) is 9.56 Å². The molecule has 8 heteroatoms. The van der Waals surface area contributed by atoms with Crippen molar-refractivity contribution in [3.05, 3.63) is 26.7 Å². The third kappa shape index (κ3) is 2.69. The summed E-state index contributed by atoms with van der Waals surface area (Å²) in [7, 11) is 0. The van der Waals surface area contributed by atoms with Crippen LogP contribution in [-0.4, -0.2) is 42.6 Å². The number of hydrogen-bond donors (Lipinski definition) is 0. The summed E-state index contributed by atoms with van der Waals surface area (Å²) in [6.45, 7) is 6.98. The average Bonchev–Trinajstić information content (AvgIpc) is 3.41. The van der Waals surface area contributed by atoms with E-state index in [0.717, 1.165) is 60.3 Å². The van der Waals surface area contributed by atoms with E-state index in [2.05, 4.69) is 25.9 Å². The molecule has 0 bridgehead atoms. The molecule has 148 valence electrons. The number of piperidine rings is 1. The molecule has 0 aromatic carbocycles. The zero-order valence-electron chi connectivity index (χ0n) is 16.6. The quantitative estimate of drug-likeness (QED) is 0.679. The Labute approximate surface area is 167 Å². The fourth-order valence-electron chi connectivity index (χ4n) is 4.29. The molecule has 4 heterocycles. The highest BCUT2D eigenvalue weighted by Crippen LogP contribution is 2.41. The molecule has 0 radical (unpaired) electrons. The van der Waals surface area contributed by atoms with Crippen molar-refractivity contribution in [1.29, 1.82) is 0 Å². The Balaban J connectivity index is 1.63. The number of hydrogen-bond acceptors (Lipinski definition) is 5. The van der Waals surface area contributed by atoms with Crippen molar-refractivity contribution >= 4 is 33.1 Å². The Morgan fingerprint density at radius 3 is 2.71 bits per heavy atom. The minimum absolute atomic E-state index is 0.00137. The van der Waals surface area contributed by atoms with Crippen molar-refractivity contribution < 1.29 is 4.79 Å². The number of aryl methyl sites for hydroxylation is 2. The third-order valence-corrected chi connectivity index (χ3v) is 7.33. The topological polar surface area (TPSA) is 72.5 Å². The molecular weight excluding hydrogens is 374 g/mol. The van der Waals surface area contributed by atoms with E-state index >= 15 is 0 Å². The summed E-state index contributed by atoms with van der Waals surface area (Å²) in [4.78, 5) is 34.9. The second-order valence-electron chi connectivity index (χ2n) is 8.24. The van der Waals surface area contributed by atoms with Gasteiger partial charge in [0.1, 0.15) is 17.2 Å². The van der Waals surface area contributed by atoms with Crippen molar-refractivity contribution in [2.75, 3.05) is 6.54 Å². The van der Waals surface area contributed by atoms with Gasteiger partial charge >= 0.3 is 5.69 Å². The molecule has 1 amide bonds. The number of carbonyl (C=O) groups excluding carboxylic acids is 1. The summed E-state index contributed by atoms with van der Waals surface area (Å²) < 4.78 is 3.00. The van der Waals surface area contributed by atoms with Crippen LogP contribution in [0.2, 0.25) is 0 Å². The number of thiophene rings is 1. The van der Waals surface area contributed by atoms with Gasteiger partial charge in [-0.05, 0) is 58.4 Å². The van der Waals surface area contributed by atoms with E-state index in [1.54, 1.807) is 15.7 Å². The first-order valence-corrected chi connectivity index (χ1v) is 11.0. The highest BCUT2D eigenvalue weighted by molar-refractivity contribution is 7.18. The summed E-state index contributed by atoms with van der Waals surface area (Å²) in [6.07, 6.45) is 5.32. The minimum Gasteiger partial charge on any atom is -0.338 e. The van der Waals surface area contributed by atoms with Crippen LogP contribution in [0.4, 0.5) is 0 Å². The van der Waals surface area contributed by atoms with Crippen LogP contribution in [-0.2, 0) is 11.3 Å². The maximum Gasteiger partial charge on any atom is 0.352 e. The third-order valence-electron chi connectivity index (χ3n) is 6.23. The number of likely N-dealkylation sites (tertiary alicyclic amines) is 1. The Morgan fingerprint density at radius 1 is 1.21 bits per heavy atom. The van der Waals surface area contributed by atoms with Gasteiger partial charge in [0.05, 0.1) is 5.39 Å². The van der Waals surface area contributed by atoms with Gasteiger partial charge in [-0.25, -0.2) is 18.9 Å². The van der Waals surface area contributed by atoms with E-state index in [1.807, 2.05) is 4.90 Å². The van der Waals surface area contributed by atoms with Gasteiger partial charge in [0, 0.05) is 23.4 Å². The van der Waals surface area contributed by atoms with Crippen LogP contribution < -0.4 is 5.69 Å². The Bertz CT molecular complexity index is 1150. The molecule has 0 unspecified atom stereocenters. The van der Waals surface area contributed by atoms with Crippen LogP contribution in [0.1, 0.15) is 61.2 Å². The number of rotatable bonds is 3. The number of aromatic nitrogens is 4. The van der Waals surface area contributed by atoms with E-state index in [0.29, 0.717) is 11.6 Å². The normalized spacial score (nSPS) is 20.4. The van der Waals surface area contributed by atoms with Gasteiger partial charge in [-0.2, -0.15) is 0 Å². The Hall–Kier alpha value is -2.22. The zero-order chi connectivity index (χ0) is 19.6. The monoisotopic (exact) mass is 399 g/mol. The molecule has 2 fully saturated rings. The predicted molar refractivity (Wildman–Crippen MR) is 109 cm³/mol. The standard InChI is InChI=1S/C20H25N5O2S/c1-11-6-4-5-9-23(11)15(26)10-24-20(27)25-17(14-7-8-14)21-19-16(18(25)22-24)12(2)13(3)28-19/h11,14H,4-10H2,1-3H3/t11-/m1/s1. The van der Waals surface area contributed by atoms with Crippen LogP contribution in [0, 0.1) is 13.8 Å². The van der Waals surface area contributed by atoms with E-state index < -0.39 is 0 Å². The lowest BCUT2D eigenvalue weighted by Gasteiger charge is -2.33. The molecule has 28 heavy (non-hydrogen) atoms. The first kappa shape index (κ1) is 17.8. The SMILES string of the molecule is Cc1sc2nc(C3CC3)n3c(=O)n(CC(=O)N4CCCC[C@H]4C)nc3c2c1C. The van der Waals surface area contributed by atoms with Crippen LogP contribution in [0.15, 0.2) is 4.79 Å². The molecule has 1 saturated carbocycles. The maximum absolute atomic E-state index is 13.2. The first-order chi connectivity index (χ1) is 13.5. The number of nitrogens with zero attached hydrogens (tertiary/aromatic N) is 5. The van der Waals surface area contributed by atoms with Gasteiger partial charge in [-0.3, -0.25) is 4.79 Å². The molecule has 1 saturated heterocycles. The van der Waals surface area contributed by atoms with Gasteiger partial charge in [0.25, 0.3) is 0 Å². The fraction of sp³-hybridized carbons (Fsp3) is 0.600. The number of fused-ring (bicyclic) bond motifs is 3. The van der Waals surface area contributed by atoms with Crippen molar-refractivity contribution in [2.45, 2.75) is 71.4 Å². The Kier molecular flexibility index (Phi) is 4.08. The molecular formula is C20H25N5O2S. The molecule has 5 rings (SSSR count). The lowest BCUT2D eigenvalue weighted by atomic mass is 10.0. The smallest absolute Gasteiger partial charge is 0.338 e. The van der Waals surface area contributed by atoms with Crippen LogP contribution in [0.3, 0.4) is 0 Å². The highest BCUT2D eigenvalue weighted by atomic mass is 32.1. The van der Waals surface area contributed by atoms with Crippen molar-refractivity contribution in [2.24, 2.45) is 0 Å². The van der Waals surface area contributed by atoms with Crippen molar-refractivity contribution in [3.63, 3.8) is 0 Å². The molecule has 7 nitrogen and oxygen atoms in total. The molecule has 0 N–H and O–H groups in total. The minimum atomic E-state index is -0.243.